The first-order valence-corrected chi connectivity index (χ1v) is 9.15. The quantitative estimate of drug-likeness (QED) is 0.520. The number of hydrogen-bond acceptors (Lipinski definition) is 4. The average molecular weight is 366 g/mol. The van der Waals surface area contributed by atoms with Crippen molar-refractivity contribution >= 4 is 23.0 Å². The van der Waals surface area contributed by atoms with Gasteiger partial charge in [0.05, 0.1) is 19.3 Å². The Morgan fingerprint density at radius 2 is 1.85 bits per heavy atom. The minimum Gasteiger partial charge on any atom is -0.497 e. The molecule has 0 amide bonds. The summed E-state index contributed by atoms with van der Waals surface area (Å²) in [6, 6.07) is 14.1. The van der Waals surface area contributed by atoms with Crippen LogP contribution in [0.5, 0.6) is 5.75 Å². The van der Waals surface area contributed by atoms with Crippen molar-refractivity contribution in [2.24, 2.45) is 10.7 Å². The van der Waals surface area contributed by atoms with E-state index in [0.717, 1.165) is 27.7 Å². The molecule has 3 rings (SSSR count). The van der Waals surface area contributed by atoms with Gasteiger partial charge in [0, 0.05) is 16.6 Å². The fraction of sp³-hybridized carbons (Fsp3) is 0.200. The van der Waals surface area contributed by atoms with Crippen LogP contribution in [0.3, 0.4) is 0 Å². The monoisotopic (exact) mass is 366 g/mol. The molecule has 0 radical (unpaired) electrons. The molecule has 0 fully saturated rings. The Morgan fingerprint density at radius 3 is 2.50 bits per heavy atom. The number of methoxy groups -OCH3 is 1. The van der Waals surface area contributed by atoms with Gasteiger partial charge in [0.15, 0.2) is 5.96 Å². The summed E-state index contributed by atoms with van der Waals surface area (Å²) < 4.78 is 5.18. The number of aliphatic imine (C=N–C) groups is 1. The molecule has 0 aliphatic rings. The lowest BCUT2D eigenvalue weighted by Gasteiger charge is -2.07. The molecule has 1 aromatic heterocycles. The number of aromatic nitrogens is 1. The van der Waals surface area contributed by atoms with E-state index in [1.807, 2.05) is 41.8 Å². The van der Waals surface area contributed by atoms with Crippen LogP contribution in [0.2, 0.25) is 0 Å². The van der Waals surface area contributed by atoms with Gasteiger partial charge >= 0.3 is 0 Å². The Morgan fingerprint density at radius 1 is 1.15 bits per heavy atom. The van der Waals surface area contributed by atoms with Gasteiger partial charge in [-0.15, -0.1) is 11.3 Å². The smallest absolute Gasteiger partial charge is 0.193 e. The molecule has 5 nitrogen and oxygen atoms in total. The predicted molar refractivity (Wildman–Crippen MR) is 109 cm³/mol. The fourth-order valence-corrected chi connectivity index (χ4v) is 3.46. The lowest BCUT2D eigenvalue weighted by molar-refractivity contribution is 0.415. The first-order chi connectivity index (χ1) is 12.5. The van der Waals surface area contributed by atoms with Gasteiger partial charge in [-0.1, -0.05) is 6.07 Å². The van der Waals surface area contributed by atoms with Crippen molar-refractivity contribution in [1.29, 1.82) is 0 Å². The number of thiazole rings is 1. The van der Waals surface area contributed by atoms with Crippen LogP contribution in [0.15, 0.2) is 52.8 Å². The lowest BCUT2D eigenvalue weighted by atomic mass is 10.1. The third-order valence-corrected chi connectivity index (χ3v) is 4.73. The molecule has 134 valence electrons. The number of nitrogens with two attached hydrogens (primary N) is 1. The molecule has 0 aliphatic heterocycles. The number of ether oxygens (including phenoxy) is 1. The topological polar surface area (TPSA) is 72.5 Å². The van der Waals surface area contributed by atoms with Gasteiger partial charge in [-0.3, -0.25) is 0 Å². The summed E-state index contributed by atoms with van der Waals surface area (Å²) in [5, 5.41) is 6.10. The molecule has 0 spiro atoms. The van der Waals surface area contributed by atoms with Gasteiger partial charge in [-0.2, -0.15) is 0 Å². The summed E-state index contributed by atoms with van der Waals surface area (Å²) in [6.45, 7) is 4.55. The van der Waals surface area contributed by atoms with Crippen molar-refractivity contribution in [1.82, 2.24) is 4.98 Å². The van der Waals surface area contributed by atoms with Crippen LogP contribution < -0.4 is 15.8 Å². The van der Waals surface area contributed by atoms with Gasteiger partial charge in [0.2, 0.25) is 0 Å². The van der Waals surface area contributed by atoms with Crippen molar-refractivity contribution in [2.45, 2.75) is 20.4 Å². The molecule has 0 saturated heterocycles. The average Bonchev–Trinajstić information content (AvgIpc) is 3.08. The number of aryl methyl sites for hydroxylation is 2. The van der Waals surface area contributed by atoms with Gasteiger partial charge in [-0.25, -0.2) is 9.98 Å². The predicted octanol–water partition coefficient (Wildman–Crippen LogP) is 4.36. The van der Waals surface area contributed by atoms with E-state index < -0.39 is 0 Å². The molecule has 0 bridgehead atoms. The maximum atomic E-state index is 6.00. The molecular weight excluding hydrogens is 344 g/mol. The Balaban J connectivity index is 1.65. The molecule has 3 N–H and O–H groups in total. The second kappa shape index (κ2) is 8.01. The number of anilines is 1. The molecule has 26 heavy (non-hydrogen) atoms. The zero-order valence-electron chi connectivity index (χ0n) is 15.1. The van der Waals surface area contributed by atoms with E-state index in [4.69, 9.17) is 10.5 Å². The van der Waals surface area contributed by atoms with E-state index in [9.17, 15) is 0 Å². The van der Waals surface area contributed by atoms with E-state index in [2.05, 4.69) is 35.2 Å². The van der Waals surface area contributed by atoms with Crippen molar-refractivity contribution < 1.29 is 4.74 Å². The molecule has 0 atom stereocenters. The van der Waals surface area contributed by atoms with E-state index in [1.54, 1.807) is 18.4 Å². The van der Waals surface area contributed by atoms with Crippen LogP contribution in [-0.4, -0.2) is 18.1 Å². The van der Waals surface area contributed by atoms with Crippen molar-refractivity contribution in [3.8, 4) is 16.3 Å². The third-order valence-electron chi connectivity index (χ3n) is 3.79. The van der Waals surface area contributed by atoms with Crippen LogP contribution in [0.1, 0.15) is 16.8 Å². The van der Waals surface area contributed by atoms with Gasteiger partial charge in [0.1, 0.15) is 10.8 Å². The standard InChI is InChI=1S/C20H22N4OS/c1-13-8-14(2)10-16(9-13)24-20(21)22-11-17-12-26-19(23-17)15-4-6-18(25-3)7-5-15/h4-10,12H,11H2,1-3H3,(H3,21,22,24). The summed E-state index contributed by atoms with van der Waals surface area (Å²) in [7, 11) is 1.66. The first-order valence-electron chi connectivity index (χ1n) is 8.27. The van der Waals surface area contributed by atoms with Gasteiger partial charge in [-0.05, 0) is 61.4 Å². The summed E-state index contributed by atoms with van der Waals surface area (Å²) >= 11 is 1.59. The lowest BCUT2D eigenvalue weighted by Crippen LogP contribution is -2.22. The number of nitrogens with one attached hydrogen (secondary N) is 1. The Labute approximate surface area is 157 Å². The van der Waals surface area contributed by atoms with E-state index in [0.29, 0.717) is 12.5 Å². The van der Waals surface area contributed by atoms with Crippen LogP contribution in [0.4, 0.5) is 5.69 Å². The minimum absolute atomic E-state index is 0.383. The second-order valence-electron chi connectivity index (χ2n) is 6.08. The molecule has 0 saturated carbocycles. The largest absolute Gasteiger partial charge is 0.497 e. The number of rotatable bonds is 5. The first kappa shape index (κ1) is 17.9. The maximum absolute atomic E-state index is 6.00. The molecule has 2 aromatic carbocycles. The Hall–Kier alpha value is -2.86. The minimum atomic E-state index is 0.383. The van der Waals surface area contributed by atoms with Crippen LogP contribution >= 0.6 is 11.3 Å². The molecule has 0 aliphatic carbocycles. The van der Waals surface area contributed by atoms with Crippen LogP contribution in [-0.2, 0) is 6.54 Å². The maximum Gasteiger partial charge on any atom is 0.193 e. The summed E-state index contributed by atoms with van der Waals surface area (Å²) in [4.78, 5) is 9.02. The van der Waals surface area contributed by atoms with Crippen molar-refractivity contribution in [3.05, 3.63) is 64.7 Å². The van der Waals surface area contributed by atoms with Gasteiger partial charge in [0.25, 0.3) is 0 Å². The molecular formula is C20H22N4OS. The number of benzene rings is 2. The summed E-state index contributed by atoms with van der Waals surface area (Å²) in [6.07, 6.45) is 0. The summed E-state index contributed by atoms with van der Waals surface area (Å²) in [5.41, 5.74) is 11.3. The Bertz CT molecular complexity index is 896. The highest BCUT2D eigenvalue weighted by Crippen LogP contribution is 2.26. The van der Waals surface area contributed by atoms with Crippen molar-refractivity contribution in [2.75, 3.05) is 12.4 Å². The normalized spacial score (nSPS) is 11.4. The zero-order chi connectivity index (χ0) is 18.5. The third kappa shape index (κ3) is 4.61. The number of guanidine groups is 1. The highest BCUT2D eigenvalue weighted by atomic mass is 32.1. The van der Waals surface area contributed by atoms with E-state index in [1.165, 1.54) is 11.1 Å². The van der Waals surface area contributed by atoms with E-state index >= 15 is 0 Å². The highest BCUT2D eigenvalue weighted by molar-refractivity contribution is 7.13. The zero-order valence-corrected chi connectivity index (χ0v) is 15.9. The molecule has 1 heterocycles. The fourth-order valence-electron chi connectivity index (χ4n) is 2.65. The van der Waals surface area contributed by atoms with E-state index in [-0.39, 0.29) is 0 Å². The van der Waals surface area contributed by atoms with Crippen molar-refractivity contribution in [3.63, 3.8) is 0 Å². The number of hydrogen-bond donors (Lipinski definition) is 2. The highest BCUT2D eigenvalue weighted by Gasteiger charge is 2.05. The molecule has 6 heteroatoms. The Kier molecular flexibility index (Phi) is 5.53. The number of nitrogens with zero attached hydrogens (tertiary/aromatic N) is 2. The van der Waals surface area contributed by atoms with Crippen LogP contribution in [0.25, 0.3) is 10.6 Å². The van der Waals surface area contributed by atoms with Crippen LogP contribution in [0, 0.1) is 13.8 Å². The summed E-state index contributed by atoms with van der Waals surface area (Å²) in [5.74, 6) is 1.22. The second-order valence-corrected chi connectivity index (χ2v) is 6.93. The molecule has 0 unspecified atom stereocenters. The SMILES string of the molecule is COc1ccc(-c2nc(CN=C(N)Nc3cc(C)cc(C)c3)cs2)cc1. The molecule has 3 aromatic rings. The van der Waals surface area contributed by atoms with Gasteiger partial charge < -0.3 is 15.8 Å².